The maximum Gasteiger partial charge on any atom is 0.416 e. The molecule has 0 unspecified atom stereocenters. The van der Waals surface area contributed by atoms with Crippen LogP contribution in [-0.4, -0.2) is 10.1 Å². The van der Waals surface area contributed by atoms with Crippen LogP contribution in [0.1, 0.15) is 16.7 Å². The quantitative estimate of drug-likeness (QED) is 0.753. The molecule has 0 aliphatic carbocycles. The minimum Gasteiger partial charge on any atom is -0.334 e. The van der Waals surface area contributed by atoms with E-state index in [1.807, 2.05) is 31.2 Å². The number of hydrogen-bond donors (Lipinski definition) is 1. The van der Waals surface area contributed by atoms with Gasteiger partial charge in [0.05, 0.1) is 5.56 Å². The van der Waals surface area contributed by atoms with Gasteiger partial charge in [0.1, 0.15) is 0 Å². The smallest absolute Gasteiger partial charge is 0.334 e. The van der Waals surface area contributed by atoms with Crippen LogP contribution >= 0.6 is 0 Å². The van der Waals surface area contributed by atoms with Gasteiger partial charge in [-0.25, -0.2) is 0 Å². The summed E-state index contributed by atoms with van der Waals surface area (Å²) in [5.41, 5.74) is 1.22. The lowest BCUT2D eigenvalue weighted by Gasteiger charge is -2.12. The first kappa shape index (κ1) is 16.0. The van der Waals surface area contributed by atoms with Crippen LogP contribution in [0.4, 0.5) is 19.2 Å². The molecule has 4 nitrogen and oxygen atoms in total. The van der Waals surface area contributed by atoms with Crippen molar-refractivity contribution in [2.75, 3.05) is 5.32 Å². The van der Waals surface area contributed by atoms with E-state index in [0.29, 0.717) is 5.82 Å². The molecule has 3 rings (SSSR count). The number of aryl methyl sites for hydroxylation is 1. The van der Waals surface area contributed by atoms with Gasteiger partial charge in [0.2, 0.25) is 5.82 Å². The number of anilines is 1. The summed E-state index contributed by atoms with van der Waals surface area (Å²) in [4.78, 5) is 4.18. The zero-order valence-electron chi connectivity index (χ0n) is 12.8. The summed E-state index contributed by atoms with van der Waals surface area (Å²) in [6, 6.07) is 13.0. The molecule has 7 heteroatoms. The Labute approximate surface area is 136 Å². The van der Waals surface area contributed by atoms with E-state index in [0.717, 1.165) is 17.2 Å². The van der Waals surface area contributed by atoms with Gasteiger partial charge in [-0.3, -0.25) is 0 Å². The number of alkyl halides is 3. The van der Waals surface area contributed by atoms with Gasteiger partial charge in [-0.2, -0.15) is 18.2 Å². The highest BCUT2D eigenvalue weighted by molar-refractivity contribution is 5.60. The molecule has 1 heterocycles. The summed E-state index contributed by atoms with van der Waals surface area (Å²) in [7, 11) is 0. The van der Waals surface area contributed by atoms with E-state index in [-0.39, 0.29) is 18.1 Å². The third-order valence-corrected chi connectivity index (χ3v) is 3.56. The molecule has 0 spiro atoms. The molecule has 0 bridgehead atoms. The zero-order valence-corrected chi connectivity index (χ0v) is 12.8. The minimum atomic E-state index is -4.40. The Morgan fingerprint density at radius 2 is 1.75 bits per heavy atom. The highest BCUT2D eigenvalue weighted by atomic mass is 19.4. The SMILES string of the molecule is Cc1ccccc1-c1noc(NCc2ccccc2C(F)(F)F)n1. The Morgan fingerprint density at radius 3 is 2.50 bits per heavy atom. The van der Waals surface area contributed by atoms with Crippen molar-refractivity contribution in [2.24, 2.45) is 0 Å². The Hall–Kier alpha value is -2.83. The molecule has 1 aromatic heterocycles. The largest absolute Gasteiger partial charge is 0.416 e. The van der Waals surface area contributed by atoms with Gasteiger partial charge in [-0.1, -0.05) is 47.6 Å². The number of aromatic nitrogens is 2. The fraction of sp³-hybridized carbons (Fsp3) is 0.176. The van der Waals surface area contributed by atoms with Crippen LogP contribution in [0, 0.1) is 6.92 Å². The van der Waals surface area contributed by atoms with Gasteiger partial charge >= 0.3 is 12.2 Å². The van der Waals surface area contributed by atoms with Crippen molar-refractivity contribution in [1.82, 2.24) is 10.1 Å². The molecule has 124 valence electrons. The van der Waals surface area contributed by atoms with Crippen LogP contribution in [0.25, 0.3) is 11.4 Å². The number of hydrogen-bond acceptors (Lipinski definition) is 4. The van der Waals surface area contributed by atoms with Crippen molar-refractivity contribution < 1.29 is 17.7 Å². The summed E-state index contributed by atoms with van der Waals surface area (Å²) < 4.78 is 44.0. The van der Waals surface area contributed by atoms with Gasteiger partial charge in [-0.05, 0) is 24.1 Å². The predicted molar refractivity (Wildman–Crippen MR) is 83.2 cm³/mol. The van der Waals surface area contributed by atoms with Crippen molar-refractivity contribution in [3.05, 3.63) is 65.2 Å². The number of nitrogens with zero attached hydrogens (tertiary/aromatic N) is 2. The van der Waals surface area contributed by atoms with Crippen LogP contribution in [0.3, 0.4) is 0 Å². The molecule has 0 aliphatic rings. The molecule has 0 saturated carbocycles. The first-order valence-corrected chi connectivity index (χ1v) is 7.24. The molecule has 0 aliphatic heterocycles. The fourth-order valence-electron chi connectivity index (χ4n) is 2.35. The Bertz CT molecular complexity index is 843. The number of nitrogens with one attached hydrogen (secondary N) is 1. The molecule has 0 saturated heterocycles. The van der Waals surface area contributed by atoms with Crippen LogP contribution < -0.4 is 5.32 Å². The third-order valence-electron chi connectivity index (χ3n) is 3.56. The van der Waals surface area contributed by atoms with Gasteiger partial charge < -0.3 is 9.84 Å². The summed E-state index contributed by atoms with van der Waals surface area (Å²) >= 11 is 0. The lowest BCUT2D eigenvalue weighted by Crippen LogP contribution is -2.11. The van der Waals surface area contributed by atoms with Crippen LogP contribution in [-0.2, 0) is 12.7 Å². The Kier molecular flexibility index (Phi) is 4.24. The molecule has 1 N–H and O–H groups in total. The standard InChI is InChI=1S/C17H14F3N3O/c1-11-6-2-4-8-13(11)15-22-16(24-23-15)21-10-12-7-3-5-9-14(12)17(18,19)20/h2-9H,10H2,1H3,(H,21,22,23). The summed E-state index contributed by atoms with van der Waals surface area (Å²) in [6.45, 7) is 1.85. The number of benzene rings is 2. The van der Waals surface area contributed by atoms with E-state index in [9.17, 15) is 13.2 Å². The van der Waals surface area contributed by atoms with Crippen molar-refractivity contribution in [1.29, 1.82) is 0 Å². The average molecular weight is 333 g/mol. The highest BCUT2D eigenvalue weighted by Crippen LogP contribution is 2.32. The van der Waals surface area contributed by atoms with E-state index in [2.05, 4.69) is 15.5 Å². The third kappa shape index (κ3) is 3.40. The average Bonchev–Trinajstić information content (AvgIpc) is 3.01. The molecule has 0 atom stereocenters. The maximum atomic E-state index is 13.0. The number of rotatable bonds is 4. The van der Waals surface area contributed by atoms with Crippen molar-refractivity contribution in [3.8, 4) is 11.4 Å². The lowest BCUT2D eigenvalue weighted by molar-refractivity contribution is -0.138. The van der Waals surface area contributed by atoms with E-state index >= 15 is 0 Å². The Balaban J connectivity index is 1.77. The second-order valence-corrected chi connectivity index (χ2v) is 5.25. The van der Waals surface area contributed by atoms with E-state index in [1.54, 1.807) is 6.07 Å². The molecule has 2 aromatic carbocycles. The van der Waals surface area contributed by atoms with Crippen molar-refractivity contribution in [2.45, 2.75) is 19.6 Å². The predicted octanol–water partition coefficient (Wildman–Crippen LogP) is 4.68. The Morgan fingerprint density at radius 1 is 1.04 bits per heavy atom. The first-order chi connectivity index (χ1) is 11.4. The van der Waals surface area contributed by atoms with Gasteiger partial charge in [0, 0.05) is 12.1 Å². The van der Waals surface area contributed by atoms with E-state index < -0.39 is 11.7 Å². The molecular formula is C17H14F3N3O. The fourth-order valence-corrected chi connectivity index (χ4v) is 2.35. The molecular weight excluding hydrogens is 319 g/mol. The lowest BCUT2D eigenvalue weighted by atomic mass is 10.1. The summed E-state index contributed by atoms with van der Waals surface area (Å²) in [5.74, 6) is 0.389. The van der Waals surface area contributed by atoms with Crippen molar-refractivity contribution in [3.63, 3.8) is 0 Å². The molecule has 0 fully saturated rings. The van der Waals surface area contributed by atoms with Gasteiger partial charge in [-0.15, -0.1) is 0 Å². The van der Waals surface area contributed by atoms with Crippen LogP contribution in [0.5, 0.6) is 0 Å². The van der Waals surface area contributed by atoms with Gasteiger partial charge in [0.15, 0.2) is 0 Å². The zero-order chi connectivity index (χ0) is 17.2. The highest BCUT2D eigenvalue weighted by Gasteiger charge is 2.32. The summed E-state index contributed by atoms with van der Waals surface area (Å²) in [5, 5.41) is 6.60. The second kappa shape index (κ2) is 6.35. The number of halogens is 3. The molecule has 24 heavy (non-hydrogen) atoms. The second-order valence-electron chi connectivity index (χ2n) is 5.25. The first-order valence-electron chi connectivity index (χ1n) is 7.24. The summed E-state index contributed by atoms with van der Waals surface area (Å²) in [6.07, 6.45) is -4.40. The van der Waals surface area contributed by atoms with Crippen LogP contribution in [0.2, 0.25) is 0 Å². The molecule has 0 amide bonds. The van der Waals surface area contributed by atoms with Gasteiger partial charge in [0.25, 0.3) is 0 Å². The normalized spacial score (nSPS) is 11.5. The topological polar surface area (TPSA) is 51.0 Å². The van der Waals surface area contributed by atoms with E-state index in [4.69, 9.17) is 4.52 Å². The maximum absolute atomic E-state index is 13.0. The van der Waals surface area contributed by atoms with E-state index in [1.165, 1.54) is 12.1 Å². The van der Waals surface area contributed by atoms with Crippen LogP contribution in [0.15, 0.2) is 53.1 Å². The van der Waals surface area contributed by atoms with Crippen molar-refractivity contribution >= 4 is 6.01 Å². The molecule has 3 aromatic rings. The monoisotopic (exact) mass is 333 g/mol. The molecule has 0 radical (unpaired) electrons. The minimum absolute atomic E-state index is 0.0644.